The maximum atomic E-state index is 12.8. The number of hydrogen-bond donors (Lipinski definition) is 2. The van der Waals surface area contributed by atoms with E-state index in [1.807, 2.05) is 32.0 Å². The lowest BCUT2D eigenvalue weighted by atomic mass is 9.58. The molecule has 3 aliphatic carbocycles. The summed E-state index contributed by atoms with van der Waals surface area (Å²) < 4.78 is 0. The number of carbonyl (C=O) groups is 2. The van der Waals surface area contributed by atoms with Crippen LogP contribution in [-0.2, 0) is 9.59 Å². The van der Waals surface area contributed by atoms with Gasteiger partial charge in [-0.3, -0.25) is 9.59 Å². The monoisotopic (exact) mass is 301 g/mol. The Hall–Kier alpha value is -1.84. The summed E-state index contributed by atoms with van der Waals surface area (Å²) in [5.74, 6) is -1.44. The number of nitrogens with one attached hydrogen (secondary N) is 1. The molecule has 0 aromatic heterocycles. The Balaban J connectivity index is 1.86. The van der Waals surface area contributed by atoms with Gasteiger partial charge >= 0.3 is 5.97 Å². The number of para-hydroxylation sites is 1. The van der Waals surface area contributed by atoms with Crippen LogP contribution in [-0.4, -0.2) is 17.0 Å². The van der Waals surface area contributed by atoms with Crippen molar-refractivity contribution in [3.63, 3.8) is 0 Å². The van der Waals surface area contributed by atoms with Gasteiger partial charge in [0.25, 0.3) is 0 Å². The number of carboxylic acids is 1. The zero-order valence-corrected chi connectivity index (χ0v) is 13.1. The van der Waals surface area contributed by atoms with Crippen molar-refractivity contribution in [2.75, 3.05) is 5.32 Å². The molecule has 1 amide bonds. The van der Waals surface area contributed by atoms with Gasteiger partial charge in [-0.15, -0.1) is 0 Å². The minimum absolute atomic E-state index is 0.112. The van der Waals surface area contributed by atoms with Crippen LogP contribution in [0.25, 0.3) is 0 Å². The first-order chi connectivity index (χ1) is 10.5. The van der Waals surface area contributed by atoms with Gasteiger partial charge in [-0.1, -0.05) is 18.2 Å². The van der Waals surface area contributed by atoms with Gasteiger partial charge in [0, 0.05) is 5.69 Å². The van der Waals surface area contributed by atoms with Gasteiger partial charge < -0.3 is 10.4 Å². The van der Waals surface area contributed by atoms with Crippen molar-refractivity contribution in [2.45, 2.75) is 39.5 Å². The van der Waals surface area contributed by atoms with E-state index in [0.29, 0.717) is 0 Å². The van der Waals surface area contributed by atoms with Gasteiger partial charge in [-0.2, -0.15) is 0 Å². The molecule has 3 fully saturated rings. The Bertz CT molecular complexity index is 582. The van der Waals surface area contributed by atoms with Crippen LogP contribution in [0.3, 0.4) is 0 Å². The quantitative estimate of drug-likeness (QED) is 0.899. The standard InChI is InChI=1S/C18H23NO3/c1-10-4-3-5-11(2)16(10)19-17(20)14-12-6-8-13(9-7-12)15(14)18(21)22/h3-5,12-15H,6-9H2,1-2H3,(H,19,20)(H,21,22)/t12?,13?,14-,15+/m1/s1. The SMILES string of the molecule is Cc1cccc(C)c1NC(=O)[C@@H]1C2CCC(CC2)[C@@H]1C(=O)O. The number of hydrogen-bond acceptors (Lipinski definition) is 2. The third kappa shape index (κ3) is 2.51. The number of aliphatic carboxylic acids is 1. The highest BCUT2D eigenvalue weighted by Crippen LogP contribution is 2.49. The second kappa shape index (κ2) is 5.75. The molecule has 4 rings (SSSR count). The van der Waals surface area contributed by atoms with Gasteiger partial charge in [-0.05, 0) is 62.5 Å². The highest BCUT2D eigenvalue weighted by Gasteiger charge is 2.50. The molecule has 1 aromatic rings. The molecule has 1 aromatic carbocycles. The molecule has 3 saturated carbocycles. The number of amides is 1. The molecule has 22 heavy (non-hydrogen) atoms. The summed E-state index contributed by atoms with van der Waals surface area (Å²) in [6.07, 6.45) is 3.88. The molecule has 2 N–H and O–H groups in total. The van der Waals surface area contributed by atoms with Gasteiger partial charge in [0.15, 0.2) is 0 Å². The number of benzene rings is 1. The van der Waals surface area contributed by atoms with E-state index in [1.54, 1.807) is 0 Å². The predicted molar refractivity (Wildman–Crippen MR) is 84.6 cm³/mol. The minimum Gasteiger partial charge on any atom is -0.481 e. The van der Waals surface area contributed by atoms with E-state index in [2.05, 4.69) is 5.32 Å². The fourth-order valence-electron chi connectivity index (χ4n) is 4.40. The predicted octanol–water partition coefficient (Wildman–Crippen LogP) is 3.38. The number of carbonyl (C=O) groups excluding carboxylic acids is 1. The summed E-state index contributed by atoms with van der Waals surface area (Å²) in [6.45, 7) is 3.93. The third-order valence-corrected chi connectivity index (χ3v) is 5.54. The molecule has 0 aliphatic heterocycles. The second-order valence-corrected chi connectivity index (χ2v) is 6.82. The molecule has 4 heteroatoms. The average molecular weight is 301 g/mol. The Kier molecular flexibility index (Phi) is 3.94. The highest BCUT2D eigenvalue weighted by atomic mass is 16.4. The van der Waals surface area contributed by atoms with Crippen molar-refractivity contribution in [2.24, 2.45) is 23.7 Å². The van der Waals surface area contributed by atoms with Gasteiger partial charge in [-0.25, -0.2) is 0 Å². The maximum absolute atomic E-state index is 12.8. The summed E-state index contributed by atoms with van der Waals surface area (Å²) in [6, 6.07) is 5.89. The zero-order chi connectivity index (χ0) is 15.9. The molecule has 118 valence electrons. The van der Waals surface area contributed by atoms with E-state index in [0.717, 1.165) is 42.5 Å². The molecule has 0 spiro atoms. The van der Waals surface area contributed by atoms with Crippen molar-refractivity contribution in [1.82, 2.24) is 0 Å². The van der Waals surface area contributed by atoms with Crippen molar-refractivity contribution in [1.29, 1.82) is 0 Å². The van der Waals surface area contributed by atoms with Crippen LogP contribution in [0.4, 0.5) is 5.69 Å². The molecule has 0 heterocycles. The lowest BCUT2D eigenvalue weighted by Crippen LogP contribution is -2.49. The smallest absolute Gasteiger partial charge is 0.307 e. The van der Waals surface area contributed by atoms with Crippen LogP contribution in [0, 0.1) is 37.5 Å². The van der Waals surface area contributed by atoms with E-state index < -0.39 is 11.9 Å². The average Bonchev–Trinajstić information content (AvgIpc) is 2.51. The first-order valence-corrected chi connectivity index (χ1v) is 8.09. The van der Waals surface area contributed by atoms with Gasteiger partial charge in [0.1, 0.15) is 0 Å². The van der Waals surface area contributed by atoms with E-state index in [-0.39, 0.29) is 23.7 Å². The summed E-state index contributed by atoms with van der Waals surface area (Å²) >= 11 is 0. The molecule has 2 bridgehead atoms. The fourth-order valence-corrected chi connectivity index (χ4v) is 4.40. The van der Waals surface area contributed by atoms with Gasteiger partial charge in [0.2, 0.25) is 5.91 Å². The van der Waals surface area contributed by atoms with E-state index >= 15 is 0 Å². The highest BCUT2D eigenvalue weighted by molar-refractivity contribution is 5.96. The van der Waals surface area contributed by atoms with Crippen molar-refractivity contribution in [3.05, 3.63) is 29.3 Å². The van der Waals surface area contributed by atoms with Crippen molar-refractivity contribution >= 4 is 17.6 Å². The van der Waals surface area contributed by atoms with Crippen LogP contribution in [0.1, 0.15) is 36.8 Å². The Morgan fingerprint density at radius 1 is 1.00 bits per heavy atom. The van der Waals surface area contributed by atoms with Crippen LogP contribution in [0.5, 0.6) is 0 Å². The number of rotatable bonds is 3. The summed E-state index contributed by atoms with van der Waals surface area (Å²) in [5.41, 5.74) is 2.86. The molecule has 2 atom stereocenters. The third-order valence-electron chi connectivity index (χ3n) is 5.54. The van der Waals surface area contributed by atoms with Crippen LogP contribution in [0.2, 0.25) is 0 Å². The first kappa shape index (κ1) is 15.1. The molecular weight excluding hydrogens is 278 g/mol. The molecule has 4 nitrogen and oxygen atoms in total. The topological polar surface area (TPSA) is 66.4 Å². The molecule has 0 radical (unpaired) electrons. The first-order valence-electron chi connectivity index (χ1n) is 8.09. The van der Waals surface area contributed by atoms with E-state index in [9.17, 15) is 14.7 Å². The minimum atomic E-state index is -0.809. The van der Waals surface area contributed by atoms with Gasteiger partial charge in [0.05, 0.1) is 11.8 Å². The lowest BCUT2D eigenvalue weighted by Gasteiger charge is -2.45. The Morgan fingerprint density at radius 3 is 2.00 bits per heavy atom. The molecule has 0 unspecified atom stereocenters. The number of carboxylic acid groups (broad SMARTS) is 1. The van der Waals surface area contributed by atoms with Crippen molar-refractivity contribution in [3.8, 4) is 0 Å². The normalized spacial score (nSPS) is 30.1. The lowest BCUT2D eigenvalue weighted by molar-refractivity contribution is -0.156. The van der Waals surface area contributed by atoms with Crippen LogP contribution in [0.15, 0.2) is 18.2 Å². The second-order valence-electron chi connectivity index (χ2n) is 6.82. The van der Waals surface area contributed by atoms with E-state index in [1.165, 1.54) is 0 Å². The van der Waals surface area contributed by atoms with Crippen LogP contribution >= 0.6 is 0 Å². The van der Waals surface area contributed by atoms with Crippen molar-refractivity contribution < 1.29 is 14.7 Å². The Morgan fingerprint density at radius 2 is 1.50 bits per heavy atom. The number of aryl methyl sites for hydroxylation is 2. The maximum Gasteiger partial charge on any atom is 0.307 e. The van der Waals surface area contributed by atoms with E-state index in [4.69, 9.17) is 0 Å². The fraction of sp³-hybridized carbons (Fsp3) is 0.556. The molecule has 3 aliphatic rings. The zero-order valence-electron chi connectivity index (χ0n) is 13.1. The number of fused-ring (bicyclic) bond motifs is 3. The largest absolute Gasteiger partial charge is 0.481 e. The number of anilines is 1. The molecule has 0 saturated heterocycles. The Labute approximate surface area is 130 Å². The summed E-state index contributed by atoms with van der Waals surface area (Å²) in [4.78, 5) is 24.5. The summed E-state index contributed by atoms with van der Waals surface area (Å²) in [7, 11) is 0. The summed E-state index contributed by atoms with van der Waals surface area (Å²) in [5, 5.41) is 12.6. The van der Waals surface area contributed by atoms with Crippen LogP contribution < -0.4 is 5.32 Å². The molecular formula is C18H23NO3.